The summed E-state index contributed by atoms with van der Waals surface area (Å²) in [6.45, 7) is 6.33. The van der Waals surface area contributed by atoms with E-state index in [2.05, 4.69) is 19.3 Å². The van der Waals surface area contributed by atoms with Gasteiger partial charge >= 0.3 is 0 Å². The third kappa shape index (κ3) is 5.29. The molecule has 3 N–H and O–H groups in total. The molecule has 0 heterocycles. The summed E-state index contributed by atoms with van der Waals surface area (Å²) in [5.41, 5.74) is 4.74. The molecule has 19 heavy (non-hydrogen) atoms. The molecule has 0 aliphatic rings. The number of nitrogens with two attached hydrogens (primary N) is 1. The first kappa shape index (κ1) is 16.1. The summed E-state index contributed by atoms with van der Waals surface area (Å²) in [7, 11) is 0. The fourth-order valence-electron chi connectivity index (χ4n) is 2.58. The van der Waals surface area contributed by atoms with Gasteiger partial charge in [-0.2, -0.15) is 0 Å². The topological polar surface area (TPSA) is 38.0 Å². The third-order valence-corrected chi connectivity index (χ3v) is 3.78. The van der Waals surface area contributed by atoms with Crippen LogP contribution in [0.15, 0.2) is 18.2 Å². The number of hydrogen-bond acceptors (Lipinski definition) is 2. The summed E-state index contributed by atoms with van der Waals surface area (Å²) < 4.78 is 13.5. The number of benzene rings is 1. The highest BCUT2D eigenvalue weighted by atomic mass is 19.1. The van der Waals surface area contributed by atoms with Crippen molar-refractivity contribution in [3.05, 3.63) is 35.1 Å². The highest BCUT2D eigenvalue weighted by molar-refractivity contribution is 5.26. The Bertz CT molecular complexity index is 359. The predicted octanol–water partition coefficient (Wildman–Crippen LogP) is 4.25. The maximum Gasteiger partial charge on any atom is 0.123 e. The Morgan fingerprint density at radius 1 is 1.26 bits per heavy atom. The lowest BCUT2D eigenvalue weighted by Gasteiger charge is -2.23. The van der Waals surface area contributed by atoms with Crippen LogP contribution in [0.5, 0.6) is 0 Å². The van der Waals surface area contributed by atoms with Crippen LogP contribution in [0.1, 0.15) is 63.1 Å². The molecule has 3 heteroatoms. The number of rotatable bonds is 8. The summed E-state index contributed by atoms with van der Waals surface area (Å²) in [5, 5.41) is 0. The van der Waals surface area contributed by atoms with Crippen molar-refractivity contribution in [2.75, 3.05) is 0 Å². The van der Waals surface area contributed by atoms with E-state index in [4.69, 9.17) is 5.84 Å². The molecule has 0 saturated heterocycles. The van der Waals surface area contributed by atoms with Crippen LogP contribution in [0.3, 0.4) is 0 Å². The lowest BCUT2D eigenvalue weighted by Crippen LogP contribution is -2.29. The molecular formula is C16H27FN2. The van der Waals surface area contributed by atoms with Gasteiger partial charge < -0.3 is 0 Å². The minimum atomic E-state index is -0.183. The molecule has 1 aromatic rings. The molecular weight excluding hydrogens is 239 g/mol. The van der Waals surface area contributed by atoms with E-state index in [0.29, 0.717) is 5.92 Å². The molecule has 0 spiro atoms. The quantitative estimate of drug-likeness (QED) is 0.545. The molecule has 0 amide bonds. The summed E-state index contributed by atoms with van der Waals surface area (Å²) in [4.78, 5) is 0. The molecule has 1 rings (SSSR count). The van der Waals surface area contributed by atoms with Crippen LogP contribution in [0.25, 0.3) is 0 Å². The number of hydrogen-bond donors (Lipinski definition) is 2. The zero-order valence-electron chi connectivity index (χ0n) is 12.4. The second-order valence-corrected chi connectivity index (χ2v) is 5.43. The number of nitrogens with one attached hydrogen (secondary N) is 1. The molecule has 108 valence electrons. The monoisotopic (exact) mass is 266 g/mol. The molecule has 0 bridgehead atoms. The van der Waals surface area contributed by atoms with Crippen molar-refractivity contribution in [1.29, 1.82) is 0 Å². The van der Waals surface area contributed by atoms with Gasteiger partial charge in [0.25, 0.3) is 0 Å². The van der Waals surface area contributed by atoms with Gasteiger partial charge in [0.15, 0.2) is 0 Å². The molecule has 0 saturated carbocycles. The number of halogens is 1. The number of aryl methyl sites for hydroxylation is 1. The van der Waals surface area contributed by atoms with E-state index in [0.717, 1.165) is 24.0 Å². The Balaban J connectivity index is 2.75. The summed E-state index contributed by atoms with van der Waals surface area (Å²) in [6.07, 6.45) is 5.80. The maximum absolute atomic E-state index is 13.5. The van der Waals surface area contributed by atoms with Crippen LogP contribution in [-0.2, 0) is 0 Å². The highest BCUT2D eigenvalue weighted by Gasteiger charge is 2.16. The van der Waals surface area contributed by atoms with Crippen molar-refractivity contribution in [2.24, 2.45) is 11.8 Å². The first-order valence-electron chi connectivity index (χ1n) is 7.33. The van der Waals surface area contributed by atoms with Crippen LogP contribution < -0.4 is 11.3 Å². The van der Waals surface area contributed by atoms with Gasteiger partial charge in [0.05, 0.1) is 0 Å². The third-order valence-electron chi connectivity index (χ3n) is 3.78. The van der Waals surface area contributed by atoms with E-state index in [-0.39, 0.29) is 11.9 Å². The van der Waals surface area contributed by atoms with Gasteiger partial charge in [-0.25, -0.2) is 4.39 Å². The van der Waals surface area contributed by atoms with Gasteiger partial charge in [0, 0.05) is 6.04 Å². The molecule has 1 aromatic carbocycles. The Kier molecular flexibility index (Phi) is 7.03. The SMILES string of the molecule is CCCCC(CC)CC(NN)c1cc(C)cc(F)c1. The molecule has 0 aliphatic carbocycles. The van der Waals surface area contributed by atoms with Gasteiger partial charge in [-0.05, 0) is 42.5 Å². The second-order valence-electron chi connectivity index (χ2n) is 5.43. The number of unbranched alkanes of at least 4 members (excludes halogenated alkanes) is 1. The zero-order valence-corrected chi connectivity index (χ0v) is 12.4. The predicted molar refractivity (Wildman–Crippen MR) is 79.1 cm³/mol. The average molecular weight is 266 g/mol. The summed E-state index contributed by atoms with van der Waals surface area (Å²) >= 11 is 0. The molecule has 0 fully saturated rings. The molecule has 0 radical (unpaired) electrons. The fraction of sp³-hybridized carbons (Fsp3) is 0.625. The second kappa shape index (κ2) is 8.28. The smallest absolute Gasteiger partial charge is 0.123 e. The van der Waals surface area contributed by atoms with Crippen molar-refractivity contribution in [2.45, 2.75) is 58.9 Å². The van der Waals surface area contributed by atoms with Crippen molar-refractivity contribution in [3.8, 4) is 0 Å². The van der Waals surface area contributed by atoms with Crippen LogP contribution in [-0.4, -0.2) is 0 Å². The Labute approximate surface area is 116 Å². The standard InChI is InChI=1S/C16H27FN2/c1-4-6-7-13(5-2)10-16(19-18)14-8-12(3)9-15(17)11-14/h8-9,11,13,16,19H,4-7,10,18H2,1-3H3. The van der Waals surface area contributed by atoms with Crippen LogP contribution in [0, 0.1) is 18.7 Å². The van der Waals surface area contributed by atoms with E-state index < -0.39 is 0 Å². The highest BCUT2D eigenvalue weighted by Crippen LogP contribution is 2.27. The van der Waals surface area contributed by atoms with E-state index in [1.165, 1.54) is 19.3 Å². The van der Waals surface area contributed by atoms with Crippen molar-refractivity contribution in [1.82, 2.24) is 5.43 Å². The maximum atomic E-state index is 13.5. The largest absolute Gasteiger partial charge is 0.271 e. The van der Waals surface area contributed by atoms with Gasteiger partial charge in [0.1, 0.15) is 5.82 Å². The summed E-state index contributed by atoms with van der Waals surface area (Å²) in [5.74, 6) is 6.12. The first-order valence-corrected chi connectivity index (χ1v) is 7.33. The van der Waals surface area contributed by atoms with E-state index in [1.807, 2.05) is 13.0 Å². The van der Waals surface area contributed by atoms with Gasteiger partial charge in [-0.15, -0.1) is 0 Å². The lowest BCUT2D eigenvalue weighted by atomic mass is 9.89. The van der Waals surface area contributed by atoms with E-state index in [9.17, 15) is 4.39 Å². The number of hydrazine groups is 1. The van der Waals surface area contributed by atoms with Crippen molar-refractivity contribution < 1.29 is 4.39 Å². The average Bonchev–Trinajstić information content (AvgIpc) is 2.38. The van der Waals surface area contributed by atoms with Crippen LogP contribution in [0.4, 0.5) is 4.39 Å². The van der Waals surface area contributed by atoms with Crippen molar-refractivity contribution >= 4 is 0 Å². The Morgan fingerprint density at radius 3 is 2.53 bits per heavy atom. The molecule has 0 aromatic heterocycles. The molecule has 2 atom stereocenters. The molecule has 2 nitrogen and oxygen atoms in total. The van der Waals surface area contributed by atoms with Gasteiger partial charge in [-0.1, -0.05) is 45.6 Å². The first-order chi connectivity index (χ1) is 9.10. The van der Waals surface area contributed by atoms with Crippen LogP contribution >= 0.6 is 0 Å². The van der Waals surface area contributed by atoms with E-state index >= 15 is 0 Å². The normalized spacial score (nSPS) is 14.4. The molecule has 0 aliphatic heterocycles. The van der Waals surface area contributed by atoms with E-state index in [1.54, 1.807) is 12.1 Å². The van der Waals surface area contributed by atoms with Crippen LogP contribution in [0.2, 0.25) is 0 Å². The van der Waals surface area contributed by atoms with Crippen molar-refractivity contribution in [3.63, 3.8) is 0 Å². The minimum absolute atomic E-state index is 0.0382. The van der Waals surface area contributed by atoms with Gasteiger partial charge in [0.2, 0.25) is 0 Å². The minimum Gasteiger partial charge on any atom is -0.271 e. The lowest BCUT2D eigenvalue weighted by molar-refractivity contribution is 0.355. The molecule has 2 unspecified atom stereocenters. The fourth-order valence-corrected chi connectivity index (χ4v) is 2.58. The Morgan fingerprint density at radius 2 is 2.00 bits per heavy atom. The zero-order chi connectivity index (χ0) is 14.3. The Hall–Kier alpha value is -0.930. The summed E-state index contributed by atoms with van der Waals surface area (Å²) in [6, 6.07) is 5.19. The van der Waals surface area contributed by atoms with Gasteiger partial charge in [-0.3, -0.25) is 11.3 Å².